The quantitative estimate of drug-likeness (QED) is 0.381. The monoisotopic (exact) mass is 385 g/mol. The van der Waals surface area contributed by atoms with E-state index in [1.807, 2.05) is 23.1 Å². The fraction of sp³-hybridized carbons (Fsp3) is 0.222. The molecule has 4 rings (SSSR count). The Bertz CT molecular complexity index is 1020. The molecule has 8 heteroatoms. The zero-order valence-electron chi connectivity index (χ0n) is 13.9. The number of non-ortho nitro benzene ring substituents is 1. The number of benzene rings is 2. The van der Waals surface area contributed by atoms with E-state index >= 15 is 0 Å². The third kappa shape index (κ3) is 3.06. The Kier molecular flexibility index (Phi) is 4.37. The number of carbonyl (C=O) groups excluding carboxylic acids is 1. The molecule has 0 radical (unpaired) electrons. The summed E-state index contributed by atoms with van der Waals surface area (Å²) >= 11 is 2.75. The van der Waals surface area contributed by atoms with Crippen molar-refractivity contribution in [3.63, 3.8) is 0 Å². The number of anilines is 1. The SMILES string of the molecule is C[C@@H]1Cc2ccccc2N1C(=O)CSc1nc2ccc([N+](=O)[O-])cc2s1. The number of carbonyl (C=O) groups is 1. The molecule has 1 atom stereocenters. The van der Waals surface area contributed by atoms with Gasteiger partial charge in [0.1, 0.15) is 0 Å². The number of para-hydroxylation sites is 1. The Balaban J connectivity index is 1.49. The van der Waals surface area contributed by atoms with Crippen LogP contribution in [0.25, 0.3) is 10.2 Å². The van der Waals surface area contributed by atoms with Crippen LogP contribution in [0.3, 0.4) is 0 Å². The number of amides is 1. The van der Waals surface area contributed by atoms with Gasteiger partial charge in [-0.05, 0) is 31.0 Å². The first kappa shape index (κ1) is 17.0. The maximum absolute atomic E-state index is 12.7. The lowest BCUT2D eigenvalue weighted by atomic mass is 10.1. The Morgan fingerprint density at radius 3 is 3.00 bits per heavy atom. The van der Waals surface area contributed by atoms with Crippen molar-refractivity contribution in [3.8, 4) is 0 Å². The fourth-order valence-electron chi connectivity index (χ4n) is 3.21. The number of nitro groups is 1. The molecule has 1 aromatic heterocycles. The number of rotatable bonds is 4. The zero-order valence-corrected chi connectivity index (χ0v) is 15.5. The number of thioether (sulfide) groups is 1. The molecular formula is C18H15N3O3S2. The van der Waals surface area contributed by atoms with Crippen LogP contribution in [0.5, 0.6) is 0 Å². The van der Waals surface area contributed by atoms with Crippen molar-refractivity contribution in [3.05, 3.63) is 58.1 Å². The first-order chi connectivity index (χ1) is 12.5. The van der Waals surface area contributed by atoms with Crippen molar-refractivity contribution in [1.82, 2.24) is 4.98 Å². The number of hydrogen-bond acceptors (Lipinski definition) is 6. The van der Waals surface area contributed by atoms with Crippen molar-refractivity contribution >= 4 is 50.6 Å². The average molecular weight is 385 g/mol. The van der Waals surface area contributed by atoms with Gasteiger partial charge < -0.3 is 4.90 Å². The van der Waals surface area contributed by atoms with E-state index < -0.39 is 4.92 Å². The number of aromatic nitrogens is 1. The molecule has 0 spiro atoms. The molecular weight excluding hydrogens is 370 g/mol. The highest BCUT2D eigenvalue weighted by atomic mass is 32.2. The van der Waals surface area contributed by atoms with E-state index in [0.717, 1.165) is 26.7 Å². The van der Waals surface area contributed by atoms with Gasteiger partial charge in [-0.3, -0.25) is 14.9 Å². The van der Waals surface area contributed by atoms with E-state index in [9.17, 15) is 14.9 Å². The highest BCUT2D eigenvalue weighted by Crippen LogP contribution is 2.35. The lowest BCUT2D eigenvalue weighted by Gasteiger charge is -2.22. The highest BCUT2D eigenvalue weighted by molar-refractivity contribution is 8.01. The van der Waals surface area contributed by atoms with Crippen LogP contribution in [0.2, 0.25) is 0 Å². The molecule has 26 heavy (non-hydrogen) atoms. The summed E-state index contributed by atoms with van der Waals surface area (Å²) in [5.41, 5.74) is 2.96. The predicted octanol–water partition coefficient (Wildman–Crippen LogP) is 4.27. The van der Waals surface area contributed by atoms with Crippen LogP contribution in [0, 0.1) is 10.1 Å². The molecule has 0 N–H and O–H groups in total. The minimum Gasteiger partial charge on any atom is -0.308 e. The van der Waals surface area contributed by atoms with Crippen LogP contribution in [0.15, 0.2) is 46.8 Å². The lowest BCUT2D eigenvalue weighted by molar-refractivity contribution is -0.384. The Morgan fingerprint density at radius 1 is 1.38 bits per heavy atom. The van der Waals surface area contributed by atoms with Crippen LogP contribution in [-0.2, 0) is 11.2 Å². The topological polar surface area (TPSA) is 76.3 Å². The maximum atomic E-state index is 12.7. The van der Waals surface area contributed by atoms with Crippen LogP contribution in [0.1, 0.15) is 12.5 Å². The molecule has 0 unspecified atom stereocenters. The van der Waals surface area contributed by atoms with Crippen molar-refractivity contribution in [1.29, 1.82) is 0 Å². The fourth-order valence-corrected chi connectivity index (χ4v) is 5.17. The standard InChI is InChI=1S/C18H15N3O3S2/c1-11-8-12-4-2-3-5-15(12)20(11)17(22)10-25-18-19-14-7-6-13(21(23)24)9-16(14)26-18/h2-7,9,11H,8,10H2,1H3/t11-/m1/s1. The van der Waals surface area contributed by atoms with Crippen molar-refractivity contribution in [2.24, 2.45) is 0 Å². The third-order valence-corrected chi connectivity index (χ3v) is 6.50. The molecule has 0 saturated carbocycles. The Morgan fingerprint density at radius 2 is 2.19 bits per heavy atom. The first-order valence-corrected chi connectivity index (χ1v) is 9.91. The molecule has 2 heterocycles. The number of nitrogens with zero attached hydrogens (tertiary/aromatic N) is 3. The second-order valence-corrected chi connectivity index (χ2v) is 8.38. The van der Waals surface area contributed by atoms with Gasteiger partial charge in [0.2, 0.25) is 5.91 Å². The third-order valence-electron chi connectivity index (χ3n) is 4.36. The molecule has 1 amide bonds. The lowest BCUT2D eigenvalue weighted by Crippen LogP contribution is -2.36. The Hall–Kier alpha value is -2.45. The van der Waals surface area contributed by atoms with Gasteiger partial charge in [0.15, 0.2) is 4.34 Å². The van der Waals surface area contributed by atoms with Gasteiger partial charge in [0.05, 0.1) is 20.9 Å². The van der Waals surface area contributed by atoms with Gasteiger partial charge in [0.25, 0.3) is 5.69 Å². The molecule has 2 aromatic carbocycles. The van der Waals surface area contributed by atoms with Gasteiger partial charge in [0, 0.05) is 23.9 Å². The summed E-state index contributed by atoms with van der Waals surface area (Å²) < 4.78 is 1.50. The highest BCUT2D eigenvalue weighted by Gasteiger charge is 2.30. The van der Waals surface area contributed by atoms with Crippen molar-refractivity contribution < 1.29 is 9.72 Å². The molecule has 0 saturated heterocycles. The summed E-state index contributed by atoms with van der Waals surface area (Å²) in [5, 5.41) is 10.9. The van der Waals surface area contributed by atoms with E-state index in [0.29, 0.717) is 5.75 Å². The van der Waals surface area contributed by atoms with Gasteiger partial charge in [-0.25, -0.2) is 4.98 Å². The van der Waals surface area contributed by atoms with E-state index in [2.05, 4.69) is 18.0 Å². The molecule has 1 aliphatic rings. The van der Waals surface area contributed by atoms with Crippen molar-refractivity contribution in [2.75, 3.05) is 10.7 Å². The van der Waals surface area contributed by atoms with Crippen LogP contribution in [-0.4, -0.2) is 27.6 Å². The number of fused-ring (bicyclic) bond motifs is 2. The second-order valence-electron chi connectivity index (χ2n) is 6.12. The number of nitro benzene ring substituents is 1. The molecule has 0 bridgehead atoms. The molecule has 0 aliphatic carbocycles. The molecule has 6 nitrogen and oxygen atoms in total. The average Bonchev–Trinajstić information content (AvgIpc) is 3.18. The van der Waals surface area contributed by atoms with Crippen LogP contribution >= 0.6 is 23.1 Å². The summed E-state index contributed by atoms with van der Waals surface area (Å²) in [6, 6.07) is 12.8. The van der Waals surface area contributed by atoms with Gasteiger partial charge in [-0.2, -0.15) is 0 Å². The van der Waals surface area contributed by atoms with Gasteiger partial charge in [-0.15, -0.1) is 11.3 Å². The largest absolute Gasteiger partial charge is 0.308 e. The second kappa shape index (κ2) is 6.69. The van der Waals surface area contributed by atoms with Gasteiger partial charge >= 0.3 is 0 Å². The molecule has 1 aliphatic heterocycles. The minimum absolute atomic E-state index is 0.0521. The molecule has 132 valence electrons. The summed E-state index contributed by atoms with van der Waals surface area (Å²) in [7, 11) is 0. The minimum atomic E-state index is -0.415. The normalized spacial score (nSPS) is 16.0. The van der Waals surface area contributed by atoms with E-state index in [-0.39, 0.29) is 17.6 Å². The zero-order chi connectivity index (χ0) is 18.3. The maximum Gasteiger partial charge on any atom is 0.270 e. The number of thiazole rings is 1. The Labute approximate surface area is 158 Å². The van der Waals surface area contributed by atoms with E-state index in [1.165, 1.54) is 40.8 Å². The summed E-state index contributed by atoms with van der Waals surface area (Å²) in [6.45, 7) is 2.05. The predicted molar refractivity (Wildman–Crippen MR) is 104 cm³/mol. The van der Waals surface area contributed by atoms with Gasteiger partial charge in [-0.1, -0.05) is 30.0 Å². The summed E-state index contributed by atoms with van der Waals surface area (Å²) in [4.78, 5) is 29.5. The van der Waals surface area contributed by atoms with E-state index in [1.54, 1.807) is 6.07 Å². The number of hydrogen-bond donors (Lipinski definition) is 0. The molecule has 0 fully saturated rings. The summed E-state index contributed by atoms with van der Waals surface area (Å²) in [6.07, 6.45) is 0.872. The van der Waals surface area contributed by atoms with Crippen molar-refractivity contribution in [2.45, 2.75) is 23.7 Å². The summed E-state index contributed by atoms with van der Waals surface area (Å²) in [5.74, 6) is 0.346. The smallest absolute Gasteiger partial charge is 0.270 e. The van der Waals surface area contributed by atoms with Crippen LogP contribution < -0.4 is 4.90 Å². The molecule has 3 aromatic rings. The van der Waals surface area contributed by atoms with Crippen LogP contribution in [0.4, 0.5) is 11.4 Å². The first-order valence-electron chi connectivity index (χ1n) is 8.10. The van der Waals surface area contributed by atoms with E-state index in [4.69, 9.17) is 0 Å².